The molecule has 7 heteroatoms. The van der Waals surface area contributed by atoms with E-state index < -0.39 is 17.9 Å². The molecule has 1 atom stereocenters. The van der Waals surface area contributed by atoms with E-state index in [-0.39, 0.29) is 23.9 Å². The number of nitrogens with one attached hydrogen (secondary N) is 1. The van der Waals surface area contributed by atoms with E-state index in [1.807, 2.05) is 0 Å². The number of carbonyl (C=O) groups is 2. The molecule has 1 aromatic heterocycles. The molecule has 3 N–H and O–H groups in total. The lowest BCUT2D eigenvalue weighted by atomic mass is 10.4. The van der Waals surface area contributed by atoms with Gasteiger partial charge < -0.3 is 14.6 Å². The van der Waals surface area contributed by atoms with E-state index >= 15 is 0 Å². The third kappa shape index (κ3) is 5.03. The molecule has 0 aliphatic carbocycles. The summed E-state index contributed by atoms with van der Waals surface area (Å²) >= 11 is 1.13. The van der Waals surface area contributed by atoms with Crippen LogP contribution >= 0.6 is 11.8 Å². The highest BCUT2D eigenvalue weighted by Gasteiger charge is 2.13. The predicted octanol–water partition coefficient (Wildman–Crippen LogP) is -0.378. The van der Waals surface area contributed by atoms with E-state index in [4.69, 9.17) is 14.6 Å². The SMILES string of the molecule is O=C(CSCC(O)CO)NC(=O)c1ccco1. The number of aliphatic hydroxyl groups is 2. The number of hydrogen-bond donors (Lipinski definition) is 3. The number of rotatable bonds is 6. The molecule has 0 fully saturated rings. The van der Waals surface area contributed by atoms with Crippen molar-refractivity contribution in [2.45, 2.75) is 6.10 Å². The zero-order valence-corrected chi connectivity index (χ0v) is 9.77. The van der Waals surface area contributed by atoms with Crippen molar-refractivity contribution in [1.82, 2.24) is 5.32 Å². The molecule has 0 aromatic carbocycles. The molecule has 17 heavy (non-hydrogen) atoms. The van der Waals surface area contributed by atoms with Crippen LogP contribution in [-0.2, 0) is 4.79 Å². The molecule has 0 bridgehead atoms. The number of amides is 2. The van der Waals surface area contributed by atoms with Crippen LogP contribution in [0.3, 0.4) is 0 Å². The Hall–Kier alpha value is -1.31. The fourth-order valence-electron chi connectivity index (χ4n) is 0.972. The van der Waals surface area contributed by atoms with Gasteiger partial charge in [-0.2, -0.15) is 0 Å². The Labute approximate surface area is 102 Å². The van der Waals surface area contributed by atoms with Gasteiger partial charge in [-0.25, -0.2) is 0 Å². The van der Waals surface area contributed by atoms with Crippen LogP contribution in [0.2, 0.25) is 0 Å². The molecular weight excluding hydrogens is 246 g/mol. The van der Waals surface area contributed by atoms with E-state index in [0.29, 0.717) is 0 Å². The van der Waals surface area contributed by atoms with Crippen molar-refractivity contribution >= 4 is 23.6 Å². The molecule has 0 radical (unpaired) electrons. The van der Waals surface area contributed by atoms with Gasteiger partial charge in [0.2, 0.25) is 5.91 Å². The second kappa shape index (κ2) is 7.10. The average molecular weight is 259 g/mol. The van der Waals surface area contributed by atoms with E-state index in [2.05, 4.69) is 5.32 Å². The lowest BCUT2D eigenvalue weighted by Crippen LogP contribution is -2.32. The maximum Gasteiger partial charge on any atom is 0.293 e. The quantitative estimate of drug-likeness (QED) is 0.644. The standard InChI is InChI=1S/C10H13NO5S/c12-4-7(13)5-17-6-9(14)11-10(15)8-2-1-3-16-8/h1-3,7,12-13H,4-6H2,(H,11,14,15). The number of carbonyl (C=O) groups excluding carboxylic acids is 2. The molecule has 1 aromatic rings. The molecule has 0 saturated heterocycles. The number of aliphatic hydroxyl groups excluding tert-OH is 2. The molecule has 1 heterocycles. The van der Waals surface area contributed by atoms with Gasteiger partial charge in [0.1, 0.15) is 0 Å². The van der Waals surface area contributed by atoms with E-state index in [9.17, 15) is 9.59 Å². The second-order valence-electron chi connectivity index (χ2n) is 3.21. The first kappa shape index (κ1) is 13.8. The molecule has 1 unspecified atom stereocenters. The normalized spacial score (nSPS) is 12.1. The summed E-state index contributed by atoms with van der Waals surface area (Å²) in [5.41, 5.74) is 0. The van der Waals surface area contributed by atoms with Gasteiger partial charge in [0.05, 0.1) is 24.7 Å². The molecule has 94 valence electrons. The van der Waals surface area contributed by atoms with E-state index in [1.165, 1.54) is 12.3 Å². The minimum absolute atomic E-state index is 0.0313. The van der Waals surface area contributed by atoms with Crippen LogP contribution in [0, 0.1) is 0 Å². The number of imide groups is 1. The fraction of sp³-hybridized carbons (Fsp3) is 0.400. The van der Waals surface area contributed by atoms with Crippen LogP contribution in [0.5, 0.6) is 0 Å². The van der Waals surface area contributed by atoms with Crippen molar-refractivity contribution in [1.29, 1.82) is 0 Å². The molecule has 0 spiro atoms. The highest BCUT2D eigenvalue weighted by molar-refractivity contribution is 7.99. The summed E-state index contributed by atoms with van der Waals surface area (Å²) < 4.78 is 4.81. The van der Waals surface area contributed by atoms with Crippen molar-refractivity contribution in [3.05, 3.63) is 24.2 Å². The molecule has 1 rings (SSSR count). The zero-order valence-electron chi connectivity index (χ0n) is 8.96. The highest BCUT2D eigenvalue weighted by Crippen LogP contribution is 2.03. The van der Waals surface area contributed by atoms with Gasteiger partial charge in [0.15, 0.2) is 5.76 Å². The van der Waals surface area contributed by atoms with Crippen molar-refractivity contribution in [3.8, 4) is 0 Å². The Morgan fingerprint density at radius 2 is 2.29 bits per heavy atom. The van der Waals surface area contributed by atoms with Crippen molar-refractivity contribution in [3.63, 3.8) is 0 Å². The van der Waals surface area contributed by atoms with Crippen LogP contribution in [0.4, 0.5) is 0 Å². The van der Waals surface area contributed by atoms with Gasteiger partial charge in [-0.1, -0.05) is 0 Å². The summed E-state index contributed by atoms with van der Waals surface area (Å²) in [6, 6.07) is 3.00. The largest absolute Gasteiger partial charge is 0.459 e. The van der Waals surface area contributed by atoms with Gasteiger partial charge in [-0.3, -0.25) is 14.9 Å². The Kier molecular flexibility index (Phi) is 5.75. The minimum atomic E-state index is -0.853. The smallest absolute Gasteiger partial charge is 0.293 e. The summed E-state index contributed by atoms with van der Waals surface area (Å²) in [5, 5.41) is 19.7. The van der Waals surface area contributed by atoms with Gasteiger partial charge in [-0.15, -0.1) is 11.8 Å². The van der Waals surface area contributed by atoms with Crippen molar-refractivity contribution < 1.29 is 24.2 Å². The first-order chi connectivity index (χ1) is 8.13. The van der Waals surface area contributed by atoms with Crippen molar-refractivity contribution in [2.24, 2.45) is 0 Å². The van der Waals surface area contributed by atoms with Crippen molar-refractivity contribution in [2.75, 3.05) is 18.1 Å². The minimum Gasteiger partial charge on any atom is -0.459 e. The first-order valence-corrected chi connectivity index (χ1v) is 6.03. The molecule has 2 amide bonds. The highest BCUT2D eigenvalue weighted by atomic mass is 32.2. The maximum absolute atomic E-state index is 11.3. The van der Waals surface area contributed by atoms with Crippen LogP contribution in [0.25, 0.3) is 0 Å². The van der Waals surface area contributed by atoms with Crippen LogP contribution < -0.4 is 5.32 Å². The van der Waals surface area contributed by atoms with Crippen LogP contribution in [-0.4, -0.2) is 46.2 Å². The Balaban J connectivity index is 2.23. The van der Waals surface area contributed by atoms with E-state index in [1.54, 1.807) is 6.07 Å². The number of hydrogen-bond acceptors (Lipinski definition) is 6. The number of furan rings is 1. The molecule has 0 saturated carbocycles. The third-order valence-electron chi connectivity index (χ3n) is 1.75. The Morgan fingerprint density at radius 1 is 1.53 bits per heavy atom. The second-order valence-corrected chi connectivity index (χ2v) is 4.24. The summed E-state index contributed by atoms with van der Waals surface area (Å²) in [6.45, 7) is -0.347. The molecule has 0 aliphatic heterocycles. The first-order valence-electron chi connectivity index (χ1n) is 4.88. The lowest BCUT2D eigenvalue weighted by molar-refractivity contribution is -0.117. The summed E-state index contributed by atoms with van der Waals surface area (Å²) in [6.07, 6.45) is 0.486. The van der Waals surface area contributed by atoms with E-state index in [0.717, 1.165) is 11.8 Å². The van der Waals surface area contributed by atoms with Crippen LogP contribution in [0.1, 0.15) is 10.6 Å². The summed E-state index contributed by atoms with van der Waals surface area (Å²) in [7, 11) is 0. The molecule has 0 aliphatic rings. The van der Waals surface area contributed by atoms with Gasteiger partial charge >= 0.3 is 0 Å². The van der Waals surface area contributed by atoms with Crippen LogP contribution in [0.15, 0.2) is 22.8 Å². The van der Waals surface area contributed by atoms with Gasteiger partial charge in [-0.05, 0) is 12.1 Å². The number of thioether (sulfide) groups is 1. The van der Waals surface area contributed by atoms with Gasteiger partial charge in [0.25, 0.3) is 5.91 Å². The maximum atomic E-state index is 11.3. The average Bonchev–Trinajstić information content (AvgIpc) is 2.82. The third-order valence-corrected chi connectivity index (χ3v) is 2.84. The fourth-order valence-corrected chi connectivity index (χ4v) is 1.73. The summed E-state index contributed by atoms with van der Waals surface area (Å²) in [4.78, 5) is 22.6. The molecule has 6 nitrogen and oxygen atoms in total. The monoisotopic (exact) mass is 259 g/mol. The summed E-state index contributed by atoms with van der Waals surface area (Å²) in [5.74, 6) is -0.730. The topological polar surface area (TPSA) is 99.8 Å². The predicted molar refractivity (Wildman–Crippen MR) is 61.6 cm³/mol. The lowest BCUT2D eigenvalue weighted by Gasteiger charge is -2.06. The zero-order chi connectivity index (χ0) is 12.7. The van der Waals surface area contributed by atoms with Gasteiger partial charge in [0, 0.05) is 5.75 Å². The molecular formula is C10H13NO5S. The Morgan fingerprint density at radius 3 is 2.88 bits per heavy atom. The Bertz CT molecular complexity index is 365.